The topological polar surface area (TPSA) is 81.0 Å². The molecule has 4 aromatic rings. The lowest BCUT2D eigenvalue weighted by atomic mass is 10.0. The van der Waals surface area contributed by atoms with Crippen LogP contribution in [0.3, 0.4) is 0 Å². The van der Waals surface area contributed by atoms with Crippen molar-refractivity contribution in [1.29, 1.82) is 0 Å². The predicted molar refractivity (Wildman–Crippen MR) is 146 cm³/mol. The van der Waals surface area contributed by atoms with Crippen LogP contribution >= 0.6 is 0 Å². The van der Waals surface area contributed by atoms with Crippen LogP contribution in [-0.2, 0) is 12.0 Å². The Morgan fingerprint density at radius 3 is 2.66 bits per heavy atom. The first kappa shape index (κ1) is 24.7. The van der Waals surface area contributed by atoms with Gasteiger partial charge >= 0.3 is 0 Å². The number of fused-ring (bicyclic) bond motifs is 3. The van der Waals surface area contributed by atoms with Gasteiger partial charge < -0.3 is 19.5 Å². The van der Waals surface area contributed by atoms with Gasteiger partial charge in [-0.2, -0.15) is 0 Å². The molecule has 5 heterocycles. The highest BCUT2D eigenvalue weighted by atomic mass is 19.1. The van der Waals surface area contributed by atoms with Crippen LogP contribution in [0.4, 0.5) is 16.2 Å². The van der Waals surface area contributed by atoms with Crippen molar-refractivity contribution in [3.8, 4) is 17.0 Å². The van der Waals surface area contributed by atoms with E-state index in [-0.39, 0.29) is 23.3 Å². The molecule has 0 bridgehead atoms. The summed E-state index contributed by atoms with van der Waals surface area (Å²) >= 11 is 0. The average molecular weight is 516 g/mol. The quantitative estimate of drug-likeness (QED) is 0.357. The molecule has 2 aliphatic rings. The van der Waals surface area contributed by atoms with Crippen molar-refractivity contribution >= 4 is 22.8 Å². The molecule has 2 aliphatic heterocycles. The Hall–Kier alpha value is -3.59. The predicted octanol–water partition coefficient (Wildman–Crippen LogP) is 5.62. The minimum Gasteiger partial charge on any atom is -0.489 e. The number of hydrogen-bond donors (Lipinski definition) is 1. The van der Waals surface area contributed by atoms with E-state index in [0.717, 1.165) is 73.5 Å². The Morgan fingerprint density at radius 1 is 1.11 bits per heavy atom. The molecular weight excluding hydrogens is 481 g/mol. The third-order valence-corrected chi connectivity index (χ3v) is 7.86. The van der Waals surface area contributed by atoms with Gasteiger partial charge in [-0.3, -0.25) is 0 Å². The van der Waals surface area contributed by atoms with E-state index in [1.54, 1.807) is 6.20 Å². The summed E-state index contributed by atoms with van der Waals surface area (Å²) in [4.78, 5) is 20.5. The van der Waals surface area contributed by atoms with Crippen LogP contribution in [0.2, 0.25) is 0 Å². The third-order valence-electron chi connectivity index (χ3n) is 7.86. The number of ether oxygens (including phenoxy) is 1. The van der Waals surface area contributed by atoms with Gasteiger partial charge in [0.2, 0.25) is 5.95 Å². The van der Waals surface area contributed by atoms with Gasteiger partial charge in [0.05, 0.1) is 23.4 Å². The Bertz CT molecular complexity index is 1470. The van der Waals surface area contributed by atoms with Crippen LogP contribution in [0.5, 0.6) is 5.75 Å². The fourth-order valence-electron chi connectivity index (χ4n) is 5.71. The number of pyridine rings is 1. The maximum atomic E-state index is 15.0. The molecule has 198 valence electrons. The van der Waals surface area contributed by atoms with Gasteiger partial charge in [0.15, 0.2) is 5.82 Å². The zero-order chi connectivity index (χ0) is 26.4. The molecular formula is C29H34FN7O. The van der Waals surface area contributed by atoms with Gasteiger partial charge in [0, 0.05) is 30.6 Å². The van der Waals surface area contributed by atoms with E-state index in [2.05, 4.69) is 50.5 Å². The van der Waals surface area contributed by atoms with E-state index < -0.39 is 5.82 Å². The molecule has 9 heteroatoms. The van der Waals surface area contributed by atoms with Gasteiger partial charge in [-0.25, -0.2) is 24.3 Å². The van der Waals surface area contributed by atoms with Crippen LogP contribution in [-0.4, -0.2) is 55.1 Å². The Balaban J connectivity index is 1.22. The molecule has 6 rings (SSSR count). The second kappa shape index (κ2) is 9.62. The Morgan fingerprint density at radius 2 is 1.92 bits per heavy atom. The fraction of sp³-hybridized carbons (Fsp3) is 0.448. The number of rotatable bonds is 6. The molecule has 38 heavy (non-hydrogen) atoms. The summed E-state index contributed by atoms with van der Waals surface area (Å²) in [6.07, 6.45) is 7.15. The van der Waals surface area contributed by atoms with Crippen molar-refractivity contribution in [2.24, 2.45) is 0 Å². The summed E-state index contributed by atoms with van der Waals surface area (Å²) in [5, 5.41) is 3.11. The minimum atomic E-state index is -0.472. The van der Waals surface area contributed by atoms with Gasteiger partial charge in [-0.1, -0.05) is 6.92 Å². The van der Waals surface area contributed by atoms with Gasteiger partial charge in [0.1, 0.15) is 29.2 Å². The van der Waals surface area contributed by atoms with Crippen molar-refractivity contribution in [2.45, 2.75) is 65.0 Å². The standard InChI is InChI=1S/C29H34FN7O/c1-5-36-12-9-20(10-13-36)38-21-6-7-24(31-16-21)33-28-32-17-22(30)27(35-28)19-14-18(2)26-23(15-19)37-25(34-26)8-11-29(37,3)4/h6-7,14-17,20H,5,8-13H2,1-4H3,(H,31,32,33,35). The zero-order valence-electron chi connectivity index (χ0n) is 22.5. The van der Waals surface area contributed by atoms with Crippen LogP contribution in [0.1, 0.15) is 51.4 Å². The summed E-state index contributed by atoms with van der Waals surface area (Å²) in [7, 11) is 0. The normalized spacial score (nSPS) is 17.6. The number of nitrogens with zero attached hydrogens (tertiary/aromatic N) is 6. The molecule has 0 aliphatic carbocycles. The minimum absolute atomic E-state index is 0.0273. The lowest BCUT2D eigenvalue weighted by Gasteiger charge is -2.31. The van der Waals surface area contributed by atoms with E-state index in [9.17, 15) is 4.39 Å². The highest BCUT2D eigenvalue weighted by molar-refractivity contribution is 5.86. The molecule has 1 saturated heterocycles. The Labute approximate surface area is 222 Å². The molecule has 1 fully saturated rings. The summed E-state index contributed by atoms with van der Waals surface area (Å²) in [6.45, 7) is 11.9. The van der Waals surface area contributed by atoms with E-state index in [4.69, 9.17) is 9.72 Å². The highest BCUT2D eigenvalue weighted by Gasteiger charge is 2.32. The first-order valence-electron chi connectivity index (χ1n) is 13.5. The molecule has 0 atom stereocenters. The molecule has 0 amide bonds. The largest absolute Gasteiger partial charge is 0.489 e. The first-order valence-corrected chi connectivity index (χ1v) is 13.5. The Kier molecular flexibility index (Phi) is 6.26. The van der Waals surface area contributed by atoms with E-state index in [1.165, 1.54) is 6.20 Å². The van der Waals surface area contributed by atoms with Crippen molar-refractivity contribution in [1.82, 2.24) is 29.4 Å². The second-order valence-electron chi connectivity index (χ2n) is 11.0. The van der Waals surface area contributed by atoms with Gasteiger partial charge in [-0.15, -0.1) is 0 Å². The number of nitrogens with one attached hydrogen (secondary N) is 1. The summed E-state index contributed by atoms with van der Waals surface area (Å²) in [5.41, 5.74) is 3.90. The number of anilines is 2. The van der Waals surface area contributed by atoms with E-state index >= 15 is 0 Å². The van der Waals surface area contributed by atoms with Gasteiger partial charge in [0.25, 0.3) is 0 Å². The highest BCUT2D eigenvalue weighted by Crippen LogP contribution is 2.38. The average Bonchev–Trinajstić information content (AvgIpc) is 3.44. The molecule has 0 spiro atoms. The number of aryl methyl sites for hydroxylation is 2. The molecule has 0 unspecified atom stereocenters. The lowest BCUT2D eigenvalue weighted by molar-refractivity contribution is 0.103. The van der Waals surface area contributed by atoms with Crippen LogP contribution < -0.4 is 10.1 Å². The number of piperidine rings is 1. The maximum Gasteiger partial charge on any atom is 0.229 e. The van der Waals surface area contributed by atoms with Crippen molar-refractivity contribution < 1.29 is 9.13 Å². The summed E-state index contributed by atoms with van der Waals surface area (Å²) < 4.78 is 23.4. The van der Waals surface area contributed by atoms with Crippen LogP contribution in [0.25, 0.3) is 22.3 Å². The lowest BCUT2D eigenvalue weighted by Crippen LogP contribution is -2.37. The van der Waals surface area contributed by atoms with Crippen molar-refractivity contribution in [2.75, 3.05) is 25.0 Å². The number of likely N-dealkylation sites (tertiary alicyclic amines) is 1. The smallest absolute Gasteiger partial charge is 0.229 e. The summed E-state index contributed by atoms with van der Waals surface area (Å²) in [5.74, 6) is 2.20. The maximum absolute atomic E-state index is 15.0. The first-order chi connectivity index (χ1) is 18.3. The number of halogens is 1. The molecule has 1 aromatic carbocycles. The van der Waals surface area contributed by atoms with E-state index in [0.29, 0.717) is 11.4 Å². The SMILES string of the molecule is CCN1CCC(Oc2ccc(Nc3ncc(F)c(-c4cc(C)c5nc6n(c5c4)C(C)(C)CC6)n3)nc2)CC1. The number of imidazole rings is 1. The molecule has 0 radical (unpaired) electrons. The molecule has 3 aromatic heterocycles. The number of hydrogen-bond acceptors (Lipinski definition) is 7. The van der Waals surface area contributed by atoms with E-state index in [1.807, 2.05) is 31.2 Å². The number of benzene rings is 1. The molecule has 1 N–H and O–H groups in total. The van der Waals surface area contributed by atoms with Crippen molar-refractivity contribution in [3.05, 3.63) is 53.9 Å². The fourth-order valence-corrected chi connectivity index (χ4v) is 5.71. The molecule has 0 saturated carbocycles. The second-order valence-corrected chi connectivity index (χ2v) is 11.0. The monoisotopic (exact) mass is 515 g/mol. The summed E-state index contributed by atoms with van der Waals surface area (Å²) in [6, 6.07) is 7.67. The third kappa shape index (κ3) is 4.60. The zero-order valence-corrected chi connectivity index (χ0v) is 22.5. The van der Waals surface area contributed by atoms with Gasteiger partial charge in [-0.05, 0) is 76.4 Å². The van der Waals surface area contributed by atoms with Crippen LogP contribution in [0, 0.1) is 12.7 Å². The van der Waals surface area contributed by atoms with Crippen LogP contribution in [0.15, 0.2) is 36.7 Å². The molecule has 8 nitrogen and oxygen atoms in total. The van der Waals surface area contributed by atoms with Crippen molar-refractivity contribution in [3.63, 3.8) is 0 Å². The number of aromatic nitrogens is 5.